The van der Waals surface area contributed by atoms with Crippen LogP contribution in [0.15, 0.2) is 109 Å². The molecule has 2 N–H and O–H groups in total. The molecule has 1 aliphatic carbocycles. The van der Waals surface area contributed by atoms with Gasteiger partial charge in [-0.1, -0.05) is 103 Å². The van der Waals surface area contributed by atoms with Crippen molar-refractivity contribution in [3.8, 4) is 11.1 Å². The van der Waals surface area contributed by atoms with Crippen molar-refractivity contribution in [1.29, 1.82) is 0 Å². The molecule has 1 aliphatic rings. The summed E-state index contributed by atoms with van der Waals surface area (Å²) in [5.74, 6) is 0. The summed E-state index contributed by atoms with van der Waals surface area (Å²) in [6.45, 7) is 2.13. The van der Waals surface area contributed by atoms with Gasteiger partial charge in [0, 0.05) is 0 Å². The van der Waals surface area contributed by atoms with Gasteiger partial charge in [-0.05, 0) is 45.9 Å². The molecule has 3 aromatic rings. The molecule has 2 heteroatoms. The molecular formula is C28H26O2. The predicted octanol–water partition coefficient (Wildman–Crippen LogP) is 5.54. The molecule has 150 valence electrons. The maximum atomic E-state index is 9.55. The van der Waals surface area contributed by atoms with Gasteiger partial charge in [0.2, 0.25) is 0 Å². The van der Waals surface area contributed by atoms with Crippen LogP contribution in [0, 0.1) is 0 Å². The van der Waals surface area contributed by atoms with Gasteiger partial charge in [-0.15, -0.1) is 0 Å². The molecule has 0 saturated carbocycles. The smallest absolute Gasteiger partial charge is 0.0710 e. The van der Waals surface area contributed by atoms with Crippen LogP contribution in [0.1, 0.15) is 29.2 Å². The summed E-state index contributed by atoms with van der Waals surface area (Å²) in [4.78, 5) is 0. The lowest BCUT2D eigenvalue weighted by atomic mass is 9.67. The monoisotopic (exact) mass is 394 g/mol. The Balaban J connectivity index is 2.04. The highest BCUT2D eigenvalue weighted by molar-refractivity contribution is 5.86. The third-order valence-corrected chi connectivity index (χ3v) is 5.89. The molecule has 0 fully saturated rings. The van der Waals surface area contributed by atoms with Gasteiger partial charge in [-0.2, -0.15) is 0 Å². The van der Waals surface area contributed by atoms with Crippen molar-refractivity contribution in [1.82, 2.24) is 0 Å². The number of aliphatic hydroxyl groups excluding tert-OH is 2. The largest absolute Gasteiger partial charge is 0.392 e. The third kappa shape index (κ3) is 3.15. The quantitative estimate of drug-likeness (QED) is 0.539. The van der Waals surface area contributed by atoms with Gasteiger partial charge in [0.1, 0.15) is 0 Å². The number of benzene rings is 3. The highest BCUT2D eigenvalue weighted by Gasteiger charge is 2.46. The van der Waals surface area contributed by atoms with Crippen LogP contribution in [0.25, 0.3) is 11.1 Å². The number of aliphatic hydroxyl groups is 2. The fourth-order valence-corrected chi connectivity index (χ4v) is 4.62. The summed E-state index contributed by atoms with van der Waals surface area (Å²) >= 11 is 0. The van der Waals surface area contributed by atoms with E-state index < -0.39 is 5.41 Å². The van der Waals surface area contributed by atoms with Crippen LogP contribution in [0.4, 0.5) is 0 Å². The van der Waals surface area contributed by atoms with E-state index in [4.69, 9.17) is 5.11 Å². The zero-order chi connectivity index (χ0) is 21.0. The molecule has 0 amide bonds. The van der Waals surface area contributed by atoms with Gasteiger partial charge in [0.15, 0.2) is 0 Å². The molecule has 30 heavy (non-hydrogen) atoms. The Bertz CT molecular complexity index is 1070. The van der Waals surface area contributed by atoms with E-state index in [0.29, 0.717) is 0 Å². The number of hydrogen-bond donors (Lipinski definition) is 2. The van der Waals surface area contributed by atoms with Crippen molar-refractivity contribution in [3.05, 3.63) is 131 Å². The van der Waals surface area contributed by atoms with Crippen LogP contribution in [-0.2, 0) is 12.0 Å². The van der Waals surface area contributed by atoms with E-state index in [-0.39, 0.29) is 13.2 Å². The van der Waals surface area contributed by atoms with E-state index in [0.717, 1.165) is 5.56 Å². The van der Waals surface area contributed by atoms with E-state index in [1.807, 2.05) is 24.3 Å². The second-order valence-corrected chi connectivity index (χ2v) is 7.41. The van der Waals surface area contributed by atoms with Crippen LogP contribution >= 0.6 is 0 Å². The highest BCUT2D eigenvalue weighted by Crippen LogP contribution is 2.56. The highest BCUT2D eigenvalue weighted by atomic mass is 16.3. The Kier molecular flexibility index (Phi) is 5.80. The number of rotatable bonds is 6. The average molecular weight is 395 g/mol. The molecule has 0 atom stereocenters. The second-order valence-electron chi connectivity index (χ2n) is 7.41. The van der Waals surface area contributed by atoms with Gasteiger partial charge in [-0.25, -0.2) is 0 Å². The third-order valence-electron chi connectivity index (χ3n) is 5.89. The lowest BCUT2D eigenvalue weighted by Gasteiger charge is -2.34. The number of hydrogen-bond acceptors (Lipinski definition) is 2. The Hall–Kier alpha value is -3.20. The first kappa shape index (κ1) is 20.1. The summed E-state index contributed by atoms with van der Waals surface area (Å²) in [7, 11) is 0. The minimum atomic E-state index is -0.445. The predicted molar refractivity (Wildman–Crippen MR) is 123 cm³/mol. The molecule has 0 radical (unpaired) electrons. The van der Waals surface area contributed by atoms with Gasteiger partial charge in [0.25, 0.3) is 0 Å². The van der Waals surface area contributed by atoms with Crippen LogP contribution in [-0.4, -0.2) is 16.8 Å². The minimum absolute atomic E-state index is 0.0228. The zero-order valence-corrected chi connectivity index (χ0v) is 17.1. The molecular weight excluding hydrogens is 368 g/mol. The number of fused-ring (bicyclic) bond motifs is 3. The van der Waals surface area contributed by atoms with E-state index in [1.165, 1.54) is 33.4 Å². The maximum Gasteiger partial charge on any atom is 0.0710 e. The van der Waals surface area contributed by atoms with E-state index in [1.54, 1.807) is 6.08 Å². The van der Waals surface area contributed by atoms with Crippen molar-refractivity contribution < 1.29 is 10.2 Å². The van der Waals surface area contributed by atoms with Gasteiger partial charge in [0.05, 0.1) is 18.6 Å². The molecule has 4 rings (SSSR count). The van der Waals surface area contributed by atoms with Crippen LogP contribution < -0.4 is 0 Å². The Morgan fingerprint density at radius 1 is 0.800 bits per heavy atom. The Morgan fingerprint density at radius 2 is 1.40 bits per heavy atom. The van der Waals surface area contributed by atoms with Crippen LogP contribution in [0.3, 0.4) is 0 Å². The topological polar surface area (TPSA) is 40.5 Å². The second kappa shape index (κ2) is 8.66. The molecule has 0 saturated heterocycles. The van der Waals surface area contributed by atoms with E-state index in [2.05, 4.69) is 79.7 Å². The zero-order valence-electron chi connectivity index (χ0n) is 17.1. The normalized spacial score (nSPS) is 15.0. The molecule has 0 spiro atoms. The molecule has 0 unspecified atom stereocenters. The van der Waals surface area contributed by atoms with Crippen molar-refractivity contribution in [2.24, 2.45) is 0 Å². The molecule has 2 nitrogen and oxygen atoms in total. The minimum Gasteiger partial charge on any atom is -0.392 e. The summed E-state index contributed by atoms with van der Waals surface area (Å²) in [6, 6.07) is 25.5. The Labute approximate surface area is 178 Å². The fraction of sp³-hybridized carbons (Fsp3) is 0.143. The van der Waals surface area contributed by atoms with Crippen molar-refractivity contribution in [3.63, 3.8) is 0 Å². The lowest BCUT2D eigenvalue weighted by Crippen LogP contribution is -2.29. The average Bonchev–Trinajstić information content (AvgIpc) is 3.11. The summed E-state index contributed by atoms with van der Waals surface area (Å²) < 4.78 is 0. The van der Waals surface area contributed by atoms with Gasteiger partial charge >= 0.3 is 0 Å². The van der Waals surface area contributed by atoms with E-state index in [9.17, 15) is 5.11 Å². The SMILES string of the molecule is C\C=C(/C=C\C=C/CO)C1(c2ccc(CO)cc2)c2ccccc2-c2ccccc21. The first-order chi connectivity index (χ1) is 14.8. The molecule has 0 bridgehead atoms. The van der Waals surface area contributed by atoms with Crippen molar-refractivity contribution in [2.45, 2.75) is 18.9 Å². The Morgan fingerprint density at radius 3 is 1.93 bits per heavy atom. The first-order valence-electron chi connectivity index (χ1n) is 10.3. The molecule has 0 aliphatic heterocycles. The van der Waals surface area contributed by atoms with Crippen LogP contribution in [0.2, 0.25) is 0 Å². The van der Waals surface area contributed by atoms with Gasteiger partial charge in [-0.3, -0.25) is 0 Å². The summed E-state index contributed by atoms with van der Waals surface area (Å²) in [5.41, 5.74) is 7.80. The molecule has 0 heterocycles. The summed E-state index contributed by atoms with van der Waals surface area (Å²) in [5, 5.41) is 18.6. The van der Waals surface area contributed by atoms with Crippen molar-refractivity contribution in [2.75, 3.05) is 6.61 Å². The molecule has 3 aromatic carbocycles. The summed E-state index contributed by atoms with van der Waals surface area (Å²) in [6.07, 6.45) is 9.88. The first-order valence-corrected chi connectivity index (χ1v) is 10.3. The lowest BCUT2D eigenvalue weighted by molar-refractivity contribution is 0.282. The van der Waals surface area contributed by atoms with Crippen LogP contribution in [0.5, 0.6) is 0 Å². The number of allylic oxidation sites excluding steroid dienone is 5. The maximum absolute atomic E-state index is 9.55. The van der Waals surface area contributed by atoms with Crippen molar-refractivity contribution >= 4 is 0 Å². The van der Waals surface area contributed by atoms with Gasteiger partial charge < -0.3 is 10.2 Å². The molecule has 0 aromatic heterocycles. The van der Waals surface area contributed by atoms with E-state index >= 15 is 0 Å². The standard InChI is InChI=1S/C28H26O2/c1-2-22(10-4-3-9-19-29)28(23-17-15-21(20-30)16-18-23)26-13-7-5-11-24(26)25-12-6-8-14-27(25)28/h2-18,29-30H,19-20H2,1H3/b9-3-,10-4-,22-2+. The fourth-order valence-electron chi connectivity index (χ4n) is 4.62.